The predicted molar refractivity (Wildman–Crippen MR) is 75.6 cm³/mol. The maximum absolute atomic E-state index is 12.5. The number of nitrogens with zero attached hydrogens (tertiary/aromatic N) is 1. The van der Waals surface area contributed by atoms with Gasteiger partial charge in [0.1, 0.15) is 0 Å². The monoisotopic (exact) mass is 308 g/mol. The highest BCUT2D eigenvalue weighted by atomic mass is 35.5. The third-order valence-corrected chi connectivity index (χ3v) is 6.30. The molecule has 0 atom stereocenters. The van der Waals surface area contributed by atoms with Crippen LogP contribution >= 0.6 is 23.4 Å². The molecule has 18 heavy (non-hydrogen) atoms. The molecular formula is C11H17ClN2O2S2. The van der Waals surface area contributed by atoms with Gasteiger partial charge in [0.2, 0.25) is 10.0 Å². The zero-order valence-electron chi connectivity index (χ0n) is 10.4. The molecule has 0 bridgehead atoms. The van der Waals surface area contributed by atoms with E-state index in [1.165, 1.54) is 6.20 Å². The standard InChI is InChI=1S/C11H17ClN2O2S2/c1-11(2)8-14(3-4-17-11)18(15,16)10-5-9(6-12)13-7-10/h5,7,13H,3-4,6,8H2,1-2H3. The van der Waals surface area contributed by atoms with Crippen molar-refractivity contribution in [1.82, 2.24) is 9.29 Å². The molecule has 1 fully saturated rings. The largest absolute Gasteiger partial charge is 0.363 e. The molecule has 0 aliphatic carbocycles. The minimum absolute atomic E-state index is 0.0308. The SMILES string of the molecule is CC1(C)CN(S(=O)(=O)c2c[nH]c(CCl)c2)CCS1. The highest BCUT2D eigenvalue weighted by molar-refractivity contribution is 8.00. The zero-order valence-corrected chi connectivity index (χ0v) is 12.8. The summed E-state index contributed by atoms with van der Waals surface area (Å²) < 4.78 is 26.4. The maximum Gasteiger partial charge on any atom is 0.244 e. The van der Waals surface area contributed by atoms with Crippen molar-refractivity contribution < 1.29 is 8.42 Å². The molecule has 0 radical (unpaired) electrons. The van der Waals surface area contributed by atoms with Crippen LogP contribution in [-0.4, -0.2) is 41.3 Å². The fourth-order valence-corrected chi connectivity index (χ4v) is 5.06. The molecule has 0 amide bonds. The third-order valence-electron chi connectivity index (χ3n) is 2.89. The summed E-state index contributed by atoms with van der Waals surface area (Å²) in [5.41, 5.74) is 0.723. The zero-order chi connectivity index (χ0) is 13.4. The van der Waals surface area contributed by atoms with E-state index in [0.29, 0.717) is 18.0 Å². The summed E-state index contributed by atoms with van der Waals surface area (Å²) in [6.45, 7) is 5.25. The quantitative estimate of drug-likeness (QED) is 0.872. The van der Waals surface area contributed by atoms with E-state index in [2.05, 4.69) is 18.8 Å². The van der Waals surface area contributed by atoms with Crippen LogP contribution in [0.15, 0.2) is 17.2 Å². The van der Waals surface area contributed by atoms with Crippen molar-refractivity contribution in [3.63, 3.8) is 0 Å². The van der Waals surface area contributed by atoms with Crippen LogP contribution in [0.3, 0.4) is 0 Å². The number of nitrogens with one attached hydrogen (secondary N) is 1. The molecule has 0 aromatic carbocycles. The molecule has 1 aliphatic rings. The second kappa shape index (κ2) is 5.07. The summed E-state index contributed by atoms with van der Waals surface area (Å²) in [6, 6.07) is 1.61. The topological polar surface area (TPSA) is 53.2 Å². The number of halogens is 1. The van der Waals surface area contributed by atoms with E-state index < -0.39 is 10.0 Å². The maximum atomic E-state index is 12.5. The number of sulfonamides is 1. The molecule has 0 saturated carbocycles. The van der Waals surface area contributed by atoms with Crippen LogP contribution in [-0.2, 0) is 15.9 Å². The minimum Gasteiger partial charge on any atom is -0.363 e. The van der Waals surface area contributed by atoms with E-state index in [1.807, 2.05) is 11.8 Å². The molecule has 1 aliphatic heterocycles. The van der Waals surface area contributed by atoms with Gasteiger partial charge in [-0.2, -0.15) is 16.1 Å². The van der Waals surface area contributed by atoms with Crippen molar-refractivity contribution in [3.05, 3.63) is 18.0 Å². The lowest BCUT2D eigenvalue weighted by Crippen LogP contribution is -2.45. The average Bonchev–Trinajstić information content (AvgIpc) is 2.76. The fraction of sp³-hybridized carbons (Fsp3) is 0.636. The molecule has 102 valence electrons. The van der Waals surface area contributed by atoms with E-state index in [9.17, 15) is 8.42 Å². The van der Waals surface area contributed by atoms with Gasteiger partial charge in [-0.25, -0.2) is 8.42 Å². The molecule has 0 unspecified atom stereocenters. The Kier molecular flexibility index (Phi) is 4.02. The smallest absolute Gasteiger partial charge is 0.244 e. The first-order chi connectivity index (χ1) is 8.35. The first-order valence-corrected chi connectivity index (χ1v) is 8.68. The van der Waals surface area contributed by atoms with Crippen LogP contribution in [0.4, 0.5) is 0 Å². The Labute approximate surface area is 117 Å². The third kappa shape index (κ3) is 2.87. The van der Waals surface area contributed by atoms with Crippen molar-refractivity contribution in [2.75, 3.05) is 18.8 Å². The van der Waals surface area contributed by atoms with Crippen molar-refractivity contribution in [1.29, 1.82) is 0 Å². The number of hydrogen-bond acceptors (Lipinski definition) is 3. The van der Waals surface area contributed by atoms with Crippen LogP contribution in [0, 0.1) is 0 Å². The molecule has 0 spiro atoms. The van der Waals surface area contributed by atoms with Gasteiger partial charge in [0.05, 0.1) is 10.8 Å². The summed E-state index contributed by atoms with van der Waals surface area (Å²) in [6.07, 6.45) is 1.52. The number of aromatic nitrogens is 1. The lowest BCUT2D eigenvalue weighted by Gasteiger charge is -2.36. The molecule has 1 aromatic rings. The Morgan fingerprint density at radius 2 is 2.28 bits per heavy atom. The van der Waals surface area contributed by atoms with E-state index in [-0.39, 0.29) is 10.6 Å². The van der Waals surface area contributed by atoms with Crippen molar-refractivity contribution in [2.45, 2.75) is 29.4 Å². The van der Waals surface area contributed by atoms with Gasteiger partial charge in [-0.05, 0) is 19.9 Å². The highest BCUT2D eigenvalue weighted by Crippen LogP contribution is 2.32. The average molecular weight is 309 g/mol. The first kappa shape index (κ1) is 14.2. The molecule has 7 heteroatoms. The first-order valence-electron chi connectivity index (χ1n) is 5.72. The molecular weight excluding hydrogens is 292 g/mol. The number of hydrogen-bond donors (Lipinski definition) is 1. The second-order valence-corrected chi connectivity index (χ2v) is 8.95. The number of thioether (sulfide) groups is 1. The highest BCUT2D eigenvalue weighted by Gasteiger charge is 2.34. The van der Waals surface area contributed by atoms with Crippen LogP contribution in [0.25, 0.3) is 0 Å². The van der Waals surface area contributed by atoms with Gasteiger partial charge in [-0.15, -0.1) is 11.6 Å². The van der Waals surface area contributed by atoms with Gasteiger partial charge in [0.25, 0.3) is 0 Å². The molecule has 2 rings (SSSR count). The van der Waals surface area contributed by atoms with E-state index in [1.54, 1.807) is 10.4 Å². The second-order valence-electron chi connectivity index (χ2n) is 4.94. The molecule has 2 heterocycles. The summed E-state index contributed by atoms with van der Waals surface area (Å²) in [5, 5.41) is 0. The van der Waals surface area contributed by atoms with Crippen LogP contribution in [0.2, 0.25) is 0 Å². The van der Waals surface area contributed by atoms with Crippen LogP contribution in [0.5, 0.6) is 0 Å². The fourth-order valence-electron chi connectivity index (χ4n) is 1.97. The molecule has 1 N–H and O–H groups in total. The van der Waals surface area contributed by atoms with Gasteiger partial charge < -0.3 is 4.98 Å². The molecule has 4 nitrogen and oxygen atoms in total. The van der Waals surface area contributed by atoms with Gasteiger partial charge in [0.15, 0.2) is 0 Å². The lowest BCUT2D eigenvalue weighted by atomic mass is 10.2. The Balaban J connectivity index is 2.25. The minimum atomic E-state index is -3.39. The Morgan fingerprint density at radius 3 is 2.83 bits per heavy atom. The van der Waals surface area contributed by atoms with Gasteiger partial charge in [0, 0.05) is 35.5 Å². The summed E-state index contributed by atoms with van der Waals surface area (Å²) in [4.78, 5) is 3.18. The Bertz CT molecular complexity index is 525. The van der Waals surface area contributed by atoms with E-state index in [0.717, 1.165) is 11.4 Å². The Morgan fingerprint density at radius 1 is 1.56 bits per heavy atom. The van der Waals surface area contributed by atoms with Crippen molar-refractivity contribution in [2.24, 2.45) is 0 Å². The van der Waals surface area contributed by atoms with Crippen LogP contribution < -0.4 is 0 Å². The van der Waals surface area contributed by atoms with Crippen molar-refractivity contribution >= 4 is 33.4 Å². The summed E-state index contributed by atoms with van der Waals surface area (Å²) >= 11 is 7.49. The predicted octanol–water partition coefficient (Wildman–Crippen LogP) is 2.27. The number of alkyl halides is 1. The van der Waals surface area contributed by atoms with E-state index >= 15 is 0 Å². The number of aromatic amines is 1. The summed E-state index contributed by atoms with van der Waals surface area (Å²) in [7, 11) is -3.39. The Hall–Kier alpha value is -0.170. The molecule has 1 aromatic heterocycles. The number of H-pyrrole nitrogens is 1. The van der Waals surface area contributed by atoms with Crippen LogP contribution in [0.1, 0.15) is 19.5 Å². The number of rotatable bonds is 3. The van der Waals surface area contributed by atoms with Gasteiger partial charge >= 0.3 is 0 Å². The van der Waals surface area contributed by atoms with E-state index in [4.69, 9.17) is 11.6 Å². The summed E-state index contributed by atoms with van der Waals surface area (Å²) in [5.74, 6) is 1.12. The van der Waals surface area contributed by atoms with Gasteiger partial charge in [-0.1, -0.05) is 0 Å². The molecule has 1 saturated heterocycles. The van der Waals surface area contributed by atoms with Gasteiger partial charge in [-0.3, -0.25) is 0 Å². The lowest BCUT2D eigenvalue weighted by molar-refractivity contribution is 0.387. The van der Waals surface area contributed by atoms with Crippen molar-refractivity contribution in [3.8, 4) is 0 Å². The normalized spacial score (nSPS) is 21.1.